The summed E-state index contributed by atoms with van der Waals surface area (Å²) in [6.45, 7) is 0.350. The number of carbonyl (C=O) groups is 1. The van der Waals surface area contributed by atoms with Gasteiger partial charge in [0.15, 0.2) is 0 Å². The van der Waals surface area contributed by atoms with Crippen molar-refractivity contribution in [2.45, 2.75) is 13.1 Å². The predicted octanol–water partition coefficient (Wildman–Crippen LogP) is 2.25. The number of halogens is 4. The highest BCUT2D eigenvalue weighted by atomic mass is 32.2. The first-order valence-electron chi connectivity index (χ1n) is 4.36. The minimum absolute atomic E-state index is 0.223. The third-order valence-corrected chi connectivity index (χ3v) is 3.47. The second-order valence-corrected chi connectivity index (χ2v) is 4.90. The molecule has 0 aliphatic rings. The zero-order valence-electron chi connectivity index (χ0n) is 9.58. The van der Waals surface area contributed by atoms with Gasteiger partial charge in [-0.3, -0.25) is 0 Å². The van der Waals surface area contributed by atoms with E-state index in [2.05, 4.69) is 17.4 Å². The molecule has 0 rings (SSSR count). The van der Waals surface area contributed by atoms with Gasteiger partial charge in [-0.1, -0.05) is 0 Å². The van der Waals surface area contributed by atoms with Crippen molar-refractivity contribution in [1.29, 1.82) is 0 Å². The van der Waals surface area contributed by atoms with Gasteiger partial charge in [0, 0.05) is 5.41 Å². The Balaban J connectivity index is 6.01. The fourth-order valence-electron chi connectivity index (χ4n) is 0.899. The molecule has 0 unspecified atom stereocenters. The van der Waals surface area contributed by atoms with Crippen LogP contribution in [0.5, 0.6) is 0 Å². The number of nitrogens with one attached hydrogen (secondary N) is 1. The first-order valence-corrected chi connectivity index (χ1v) is 6.36. The zero-order chi connectivity index (χ0) is 15.4. The minimum Gasteiger partial charge on any atom is -0.452 e. The number of carbonyl (C=O) groups excluding carboxylic acids is 1. The maximum Gasteiger partial charge on any atom is 0.420 e. The molecule has 0 aromatic carbocycles. The van der Waals surface area contributed by atoms with Crippen LogP contribution in [0.2, 0.25) is 0 Å². The molecule has 5 nitrogen and oxygen atoms in total. The van der Waals surface area contributed by atoms with Crippen molar-refractivity contribution in [3.05, 3.63) is 21.7 Å². The fourth-order valence-corrected chi connectivity index (χ4v) is 2.35. The molecule has 0 aliphatic carbocycles. The number of thiol groups is 1. The first kappa shape index (κ1) is 17.8. The van der Waals surface area contributed by atoms with E-state index in [1.165, 1.54) is 0 Å². The first-order chi connectivity index (χ1) is 8.47. The van der Waals surface area contributed by atoms with Crippen LogP contribution in [0.25, 0.3) is 0 Å². The largest absolute Gasteiger partial charge is 0.452 e. The second-order valence-electron chi connectivity index (χ2n) is 3.03. The third-order valence-electron chi connectivity index (χ3n) is 1.77. The number of alkyl halides is 3. The van der Waals surface area contributed by atoms with Gasteiger partial charge in [0.1, 0.15) is 10.7 Å². The van der Waals surface area contributed by atoms with E-state index in [-0.39, 0.29) is 5.41 Å². The Morgan fingerprint density at radius 1 is 1.37 bits per heavy atom. The maximum absolute atomic E-state index is 13.3. The Morgan fingerprint density at radius 2 is 1.84 bits per heavy atom. The van der Waals surface area contributed by atoms with E-state index in [1.807, 2.05) is 0 Å². The van der Waals surface area contributed by atoms with Gasteiger partial charge in [0.25, 0.3) is 10.0 Å². The quantitative estimate of drug-likeness (QED) is 0.475. The lowest BCUT2D eigenvalue weighted by Crippen LogP contribution is -2.33. The molecule has 19 heavy (non-hydrogen) atoms. The van der Waals surface area contributed by atoms with E-state index in [1.54, 1.807) is 0 Å². The molecule has 0 aromatic rings. The normalized spacial score (nSPS) is 14.8. The average Bonchev–Trinajstić information content (AvgIpc) is 2.26. The van der Waals surface area contributed by atoms with Gasteiger partial charge in [-0.25, -0.2) is 22.3 Å². The summed E-state index contributed by atoms with van der Waals surface area (Å²) in [7, 11) is -4.30. The second kappa shape index (κ2) is 6.28. The van der Waals surface area contributed by atoms with Crippen molar-refractivity contribution in [1.82, 2.24) is 4.72 Å². The molecule has 11 heteroatoms. The fraction of sp³-hybridized carbons (Fsp3) is 0.375. The average molecular weight is 323 g/mol. The van der Waals surface area contributed by atoms with Crippen LogP contribution in [0, 0.1) is 0 Å². The number of methoxy groups -OCH3 is 1. The maximum atomic E-state index is 13.3. The highest BCUT2D eigenvalue weighted by Gasteiger charge is 2.39. The summed E-state index contributed by atoms with van der Waals surface area (Å²) in [5, 5.41) is 0.223. The zero-order valence-corrected chi connectivity index (χ0v) is 11.3. The number of rotatable bonds is 3. The Kier molecular flexibility index (Phi) is 5.87. The number of allylic oxidation sites excluding steroid dienone is 2. The summed E-state index contributed by atoms with van der Waals surface area (Å²) >= 11 is 3.24. The van der Waals surface area contributed by atoms with E-state index in [9.17, 15) is 30.8 Å². The molecular formula is C8H9F4NO4S2. The SMILES string of the molecule is COC(=O)NS(=O)(=O)C(=C(/C)C(F)(F)F)/C(F)=C\S. The van der Waals surface area contributed by atoms with E-state index in [4.69, 9.17) is 0 Å². The molecule has 0 aliphatic heterocycles. The molecule has 0 saturated heterocycles. The number of hydrogen-bond donors (Lipinski definition) is 2. The lowest BCUT2D eigenvalue weighted by molar-refractivity contribution is -0.0917. The number of sulfonamides is 1. The molecule has 0 spiro atoms. The van der Waals surface area contributed by atoms with Crippen LogP contribution in [-0.2, 0) is 14.8 Å². The van der Waals surface area contributed by atoms with Crippen molar-refractivity contribution in [2.24, 2.45) is 0 Å². The Hall–Kier alpha value is -1.23. The van der Waals surface area contributed by atoms with Gasteiger partial charge in [-0.15, -0.1) is 12.6 Å². The molecule has 1 N–H and O–H groups in total. The monoisotopic (exact) mass is 323 g/mol. The molecule has 1 amide bonds. The van der Waals surface area contributed by atoms with Gasteiger partial charge in [0.2, 0.25) is 0 Å². The summed E-state index contributed by atoms with van der Waals surface area (Å²) in [5.74, 6) is -1.77. The summed E-state index contributed by atoms with van der Waals surface area (Å²) < 4.78 is 78.7. The van der Waals surface area contributed by atoms with Crippen LogP contribution in [0.15, 0.2) is 21.7 Å². The van der Waals surface area contributed by atoms with E-state index in [0.29, 0.717) is 6.92 Å². The number of amides is 1. The highest BCUT2D eigenvalue weighted by molar-refractivity contribution is 7.94. The van der Waals surface area contributed by atoms with Crippen molar-refractivity contribution in [2.75, 3.05) is 7.11 Å². The minimum atomic E-state index is -5.10. The summed E-state index contributed by atoms with van der Waals surface area (Å²) in [6, 6.07) is 0. The number of hydrogen-bond acceptors (Lipinski definition) is 5. The summed E-state index contributed by atoms with van der Waals surface area (Å²) in [4.78, 5) is 9.00. The lowest BCUT2D eigenvalue weighted by atomic mass is 10.2. The Morgan fingerprint density at radius 3 is 2.16 bits per heavy atom. The van der Waals surface area contributed by atoms with Crippen LogP contribution in [0.4, 0.5) is 22.4 Å². The van der Waals surface area contributed by atoms with Crippen molar-refractivity contribution < 1.29 is 35.5 Å². The molecule has 0 atom stereocenters. The standard InChI is InChI=1S/C8H9F4NO4S2/c1-4(8(10,11)12)6(5(9)3-18)19(15,16)13-7(14)17-2/h3,18H,1-2H3,(H,13,14)/b5-3+,6-4-. The van der Waals surface area contributed by atoms with Crippen LogP contribution in [0.1, 0.15) is 6.92 Å². The van der Waals surface area contributed by atoms with E-state index in [0.717, 1.165) is 11.8 Å². The van der Waals surface area contributed by atoms with Gasteiger partial charge in [0.05, 0.1) is 12.7 Å². The van der Waals surface area contributed by atoms with Gasteiger partial charge in [-0.2, -0.15) is 13.2 Å². The number of ether oxygens (including phenoxy) is 1. The smallest absolute Gasteiger partial charge is 0.420 e. The van der Waals surface area contributed by atoms with Crippen LogP contribution in [0.3, 0.4) is 0 Å². The van der Waals surface area contributed by atoms with Gasteiger partial charge in [-0.05, 0) is 6.92 Å². The topological polar surface area (TPSA) is 72.5 Å². The third kappa shape index (κ3) is 4.74. The van der Waals surface area contributed by atoms with Crippen molar-refractivity contribution in [3.63, 3.8) is 0 Å². The molecule has 0 fully saturated rings. The molecule has 0 radical (unpaired) electrons. The van der Waals surface area contributed by atoms with Crippen LogP contribution < -0.4 is 4.72 Å². The molecular weight excluding hydrogens is 314 g/mol. The Bertz CT molecular complexity index is 521. The van der Waals surface area contributed by atoms with E-state index >= 15 is 0 Å². The summed E-state index contributed by atoms with van der Waals surface area (Å²) in [5.41, 5.74) is -1.74. The molecule has 0 bridgehead atoms. The van der Waals surface area contributed by atoms with Crippen LogP contribution >= 0.6 is 12.6 Å². The van der Waals surface area contributed by atoms with Crippen LogP contribution in [-0.4, -0.2) is 27.8 Å². The Labute approximate surface area is 111 Å². The molecule has 0 saturated carbocycles. The summed E-state index contributed by atoms with van der Waals surface area (Å²) in [6.07, 6.45) is -6.66. The van der Waals surface area contributed by atoms with E-state index < -0.39 is 38.6 Å². The van der Waals surface area contributed by atoms with Gasteiger partial charge < -0.3 is 4.74 Å². The highest BCUT2D eigenvalue weighted by Crippen LogP contribution is 2.33. The lowest BCUT2D eigenvalue weighted by Gasteiger charge is -2.14. The van der Waals surface area contributed by atoms with Gasteiger partial charge >= 0.3 is 12.3 Å². The van der Waals surface area contributed by atoms with Crippen molar-refractivity contribution >= 4 is 28.7 Å². The molecule has 0 aromatic heterocycles. The molecule has 110 valence electrons. The molecule has 0 heterocycles. The predicted molar refractivity (Wildman–Crippen MR) is 61.4 cm³/mol. The van der Waals surface area contributed by atoms with Crippen molar-refractivity contribution in [3.8, 4) is 0 Å².